The zero-order valence-corrected chi connectivity index (χ0v) is 11.7. The summed E-state index contributed by atoms with van der Waals surface area (Å²) >= 11 is 0. The third kappa shape index (κ3) is 4.68. The monoisotopic (exact) mass is 278 g/mol. The highest BCUT2D eigenvalue weighted by Crippen LogP contribution is 2.11. The number of nitrogens with zero attached hydrogens (tertiary/aromatic N) is 2. The average molecular weight is 278 g/mol. The van der Waals surface area contributed by atoms with E-state index in [4.69, 9.17) is 0 Å². The molecule has 6 nitrogen and oxygen atoms in total. The standard InChI is InChI=1S/C14H22N4O2/c19-13(17-7-5-12-15-8-9-16-12)6-11-18-10-3-1-2-4-14(18)20/h8-9H,1-7,10-11H2,(H,15,16)(H,17,19). The highest BCUT2D eigenvalue weighted by atomic mass is 16.2. The summed E-state index contributed by atoms with van der Waals surface area (Å²) < 4.78 is 0. The molecule has 20 heavy (non-hydrogen) atoms. The number of aromatic amines is 1. The van der Waals surface area contributed by atoms with Gasteiger partial charge in [-0.15, -0.1) is 0 Å². The minimum atomic E-state index is -0.00592. The van der Waals surface area contributed by atoms with Crippen molar-refractivity contribution in [1.29, 1.82) is 0 Å². The molecule has 0 unspecified atom stereocenters. The van der Waals surface area contributed by atoms with Gasteiger partial charge in [0.25, 0.3) is 0 Å². The van der Waals surface area contributed by atoms with Crippen LogP contribution in [0.25, 0.3) is 0 Å². The van der Waals surface area contributed by atoms with E-state index in [0.717, 1.165) is 31.6 Å². The number of carbonyl (C=O) groups is 2. The predicted octanol–water partition coefficient (Wildman–Crippen LogP) is 0.861. The predicted molar refractivity (Wildman–Crippen MR) is 75.0 cm³/mol. The molecular weight excluding hydrogens is 256 g/mol. The van der Waals surface area contributed by atoms with Crippen LogP contribution in [0.2, 0.25) is 0 Å². The van der Waals surface area contributed by atoms with Gasteiger partial charge in [0.2, 0.25) is 11.8 Å². The van der Waals surface area contributed by atoms with E-state index in [9.17, 15) is 9.59 Å². The lowest BCUT2D eigenvalue weighted by Crippen LogP contribution is -2.35. The molecule has 2 N–H and O–H groups in total. The summed E-state index contributed by atoms with van der Waals surface area (Å²) in [6.07, 6.45) is 8.30. The van der Waals surface area contributed by atoms with Crippen molar-refractivity contribution in [2.45, 2.75) is 38.5 Å². The molecule has 2 rings (SSSR count). The molecule has 1 aromatic heterocycles. The number of H-pyrrole nitrogens is 1. The zero-order valence-electron chi connectivity index (χ0n) is 11.7. The molecule has 1 fully saturated rings. The fraction of sp³-hybridized carbons (Fsp3) is 0.643. The lowest BCUT2D eigenvalue weighted by molar-refractivity contribution is -0.131. The summed E-state index contributed by atoms with van der Waals surface area (Å²) in [6.45, 7) is 1.89. The molecular formula is C14H22N4O2. The van der Waals surface area contributed by atoms with Gasteiger partial charge in [-0.2, -0.15) is 0 Å². The first kappa shape index (κ1) is 14.6. The first-order valence-electron chi connectivity index (χ1n) is 7.28. The number of hydrogen-bond donors (Lipinski definition) is 2. The highest BCUT2D eigenvalue weighted by Gasteiger charge is 2.17. The van der Waals surface area contributed by atoms with Crippen LogP contribution in [-0.4, -0.2) is 46.3 Å². The smallest absolute Gasteiger partial charge is 0.222 e. The summed E-state index contributed by atoms with van der Waals surface area (Å²) in [6, 6.07) is 0. The molecule has 0 aromatic carbocycles. The van der Waals surface area contributed by atoms with Crippen molar-refractivity contribution in [1.82, 2.24) is 20.2 Å². The average Bonchev–Trinajstić information content (AvgIpc) is 2.86. The van der Waals surface area contributed by atoms with E-state index in [1.807, 2.05) is 4.90 Å². The zero-order chi connectivity index (χ0) is 14.2. The largest absolute Gasteiger partial charge is 0.356 e. The minimum Gasteiger partial charge on any atom is -0.356 e. The molecule has 0 aliphatic carbocycles. The van der Waals surface area contributed by atoms with Gasteiger partial charge in [0, 0.05) is 51.3 Å². The Bertz CT molecular complexity index is 430. The number of aromatic nitrogens is 2. The molecule has 6 heteroatoms. The minimum absolute atomic E-state index is 0.00592. The van der Waals surface area contributed by atoms with E-state index in [0.29, 0.717) is 32.4 Å². The van der Waals surface area contributed by atoms with Crippen LogP contribution in [0.4, 0.5) is 0 Å². The van der Waals surface area contributed by atoms with E-state index < -0.39 is 0 Å². The number of likely N-dealkylation sites (tertiary alicyclic amines) is 1. The summed E-state index contributed by atoms with van der Waals surface area (Å²) in [5.41, 5.74) is 0. The van der Waals surface area contributed by atoms with Crippen LogP contribution >= 0.6 is 0 Å². The second kappa shape index (κ2) is 7.67. The van der Waals surface area contributed by atoms with E-state index in [1.54, 1.807) is 12.4 Å². The molecule has 1 aliphatic rings. The lowest BCUT2D eigenvalue weighted by atomic mass is 10.2. The Morgan fingerprint density at radius 2 is 2.30 bits per heavy atom. The molecule has 2 amide bonds. The third-order valence-corrected chi connectivity index (χ3v) is 3.52. The number of carbonyl (C=O) groups excluding carboxylic acids is 2. The van der Waals surface area contributed by atoms with E-state index in [2.05, 4.69) is 15.3 Å². The van der Waals surface area contributed by atoms with Gasteiger partial charge in [0.05, 0.1) is 0 Å². The van der Waals surface area contributed by atoms with Crippen molar-refractivity contribution >= 4 is 11.8 Å². The van der Waals surface area contributed by atoms with Crippen LogP contribution in [0.5, 0.6) is 0 Å². The summed E-state index contributed by atoms with van der Waals surface area (Å²) in [7, 11) is 0. The van der Waals surface area contributed by atoms with Crippen LogP contribution in [0, 0.1) is 0 Å². The molecule has 0 atom stereocenters. The number of nitrogens with one attached hydrogen (secondary N) is 2. The quantitative estimate of drug-likeness (QED) is 0.810. The molecule has 0 spiro atoms. The third-order valence-electron chi connectivity index (χ3n) is 3.52. The molecule has 0 saturated carbocycles. The Morgan fingerprint density at radius 3 is 3.10 bits per heavy atom. The van der Waals surface area contributed by atoms with Crippen LogP contribution in [0.1, 0.15) is 37.9 Å². The molecule has 0 radical (unpaired) electrons. The fourth-order valence-corrected chi connectivity index (χ4v) is 2.35. The van der Waals surface area contributed by atoms with Crippen molar-refractivity contribution in [3.8, 4) is 0 Å². The van der Waals surface area contributed by atoms with E-state index >= 15 is 0 Å². The summed E-state index contributed by atoms with van der Waals surface area (Å²) in [5, 5.41) is 2.85. The second-order valence-electron chi connectivity index (χ2n) is 5.08. The van der Waals surface area contributed by atoms with Crippen molar-refractivity contribution in [3.05, 3.63) is 18.2 Å². The van der Waals surface area contributed by atoms with Crippen LogP contribution < -0.4 is 5.32 Å². The van der Waals surface area contributed by atoms with Crippen molar-refractivity contribution in [2.75, 3.05) is 19.6 Å². The van der Waals surface area contributed by atoms with E-state index in [1.165, 1.54) is 0 Å². The van der Waals surface area contributed by atoms with Gasteiger partial charge < -0.3 is 15.2 Å². The molecule has 1 aromatic rings. The first-order valence-corrected chi connectivity index (χ1v) is 7.28. The Kier molecular flexibility index (Phi) is 5.58. The fourth-order valence-electron chi connectivity index (χ4n) is 2.35. The van der Waals surface area contributed by atoms with Gasteiger partial charge in [0.1, 0.15) is 5.82 Å². The van der Waals surface area contributed by atoms with Crippen LogP contribution in [-0.2, 0) is 16.0 Å². The van der Waals surface area contributed by atoms with Gasteiger partial charge in [0.15, 0.2) is 0 Å². The van der Waals surface area contributed by atoms with Gasteiger partial charge in [-0.25, -0.2) is 4.98 Å². The Labute approximate surface area is 119 Å². The maximum atomic E-state index is 11.8. The van der Waals surface area contributed by atoms with Crippen molar-refractivity contribution in [2.24, 2.45) is 0 Å². The SMILES string of the molecule is O=C(CCN1CCCCCC1=O)NCCc1ncc[nH]1. The Balaban J connectivity index is 1.62. The van der Waals surface area contributed by atoms with E-state index in [-0.39, 0.29) is 11.8 Å². The first-order chi connectivity index (χ1) is 9.75. The van der Waals surface area contributed by atoms with Crippen molar-refractivity contribution < 1.29 is 9.59 Å². The summed E-state index contributed by atoms with van der Waals surface area (Å²) in [4.78, 5) is 32.4. The molecule has 1 saturated heterocycles. The van der Waals surface area contributed by atoms with Crippen LogP contribution in [0.3, 0.4) is 0 Å². The molecule has 110 valence electrons. The molecule has 2 heterocycles. The van der Waals surface area contributed by atoms with Gasteiger partial charge in [-0.3, -0.25) is 9.59 Å². The molecule has 1 aliphatic heterocycles. The lowest BCUT2D eigenvalue weighted by Gasteiger charge is -2.19. The molecule has 0 bridgehead atoms. The maximum absolute atomic E-state index is 11.8. The number of hydrogen-bond acceptors (Lipinski definition) is 3. The highest BCUT2D eigenvalue weighted by molar-refractivity contribution is 5.79. The number of imidazole rings is 1. The van der Waals surface area contributed by atoms with Crippen LogP contribution in [0.15, 0.2) is 12.4 Å². The number of amides is 2. The van der Waals surface area contributed by atoms with Gasteiger partial charge in [-0.05, 0) is 12.8 Å². The maximum Gasteiger partial charge on any atom is 0.222 e. The van der Waals surface area contributed by atoms with Gasteiger partial charge >= 0.3 is 0 Å². The summed E-state index contributed by atoms with van der Waals surface area (Å²) in [5.74, 6) is 1.05. The normalized spacial score (nSPS) is 16.0. The van der Waals surface area contributed by atoms with Crippen molar-refractivity contribution in [3.63, 3.8) is 0 Å². The Morgan fingerprint density at radius 1 is 1.40 bits per heavy atom. The second-order valence-corrected chi connectivity index (χ2v) is 5.08. The Hall–Kier alpha value is -1.85. The number of rotatable bonds is 6. The topological polar surface area (TPSA) is 78.1 Å². The van der Waals surface area contributed by atoms with Gasteiger partial charge in [-0.1, -0.05) is 6.42 Å².